The quantitative estimate of drug-likeness (QED) is 0.790. The predicted octanol–water partition coefficient (Wildman–Crippen LogP) is 1.41. The Morgan fingerprint density at radius 3 is 3.05 bits per heavy atom. The molecule has 6 nitrogen and oxygen atoms in total. The third-order valence-corrected chi connectivity index (χ3v) is 3.06. The van der Waals surface area contributed by atoms with Crippen molar-refractivity contribution in [3.8, 4) is 5.88 Å². The van der Waals surface area contributed by atoms with E-state index in [1.807, 2.05) is 6.92 Å². The lowest BCUT2D eigenvalue weighted by molar-refractivity contribution is -0.107. The highest BCUT2D eigenvalue weighted by Crippen LogP contribution is 2.35. The Hall–Kier alpha value is -2.25. The first-order chi connectivity index (χ1) is 9.10. The Labute approximate surface area is 106 Å². The summed E-state index contributed by atoms with van der Waals surface area (Å²) in [4.78, 5) is 16.6. The molecule has 0 radical (unpaired) electrons. The maximum Gasteiger partial charge on any atom is 0.388 e. The molecule has 1 atom stereocenters. The lowest BCUT2D eigenvalue weighted by atomic mass is 10.1. The van der Waals surface area contributed by atoms with Gasteiger partial charge < -0.3 is 9.64 Å². The summed E-state index contributed by atoms with van der Waals surface area (Å²) in [5, 5.41) is 3.95. The Morgan fingerprint density at radius 1 is 1.58 bits per heavy atom. The number of rotatable bonds is 3. The Bertz CT molecular complexity index is 643. The molecule has 100 valence electrons. The first-order valence-electron chi connectivity index (χ1n) is 5.65. The third kappa shape index (κ3) is 1.79. The van der Waals surface area contributed by atoms with E-state index in [-0.39, 0.29) is 11.8 Å². The van der Waals surface area contributed by atoms with E-state index in [9.17, 15) is 13.6 Å². The average Bonchev–Trinajstić information content (AvgIpc) is 2.88. The highest BCUT2D eigenvalue weighted by atomic mass is 19.3. The van der Waals surface area contributed by atoms with Gasteiger partial charge >= 0.3 is 6.61 Å². The molecule has 0 saturated carbocycles. The molecule has 19 heavy (non-hydrogen) atoms. The largest absolute Gasteiger partial charge is 0.415 e. The Balaban J connectivity index is 2.14. The minimum absolute atomic E-state index is 0.0463. The summed E-state index contributed by atoms with van der Waals surface area (Å²) in [6, 6.07) is 1.34. The molecule has 3 rings (SSSR count). The van der Waals surface area contributed by atoms with Crippen LogP contribution in [0.5, 0.6) is 5.88 Å². The van der Waals surface area contributed by atoms with Crippen molar-refractivity contribution < 1.29 is 18.3 Å². The fourth-order valence-electron chi connectivity index (χ4n) is 2.33. The minimum Gasteiger partial charge on any atom is -0.415 e. The van der Waals surface area contributed by atoms with Crippen LogP contribution in [0.1, 0.15) is 18.5 Å². The van der Waals surface area contributed by atoms with Crippen molar-refractivity contribution in [3.05, 3.63) is 18.0 Å². The summed E-state index contributed by atoms with van der Waals surface area (Å²) in [6.45, 7) is -0.483. The molecule has 1 unspecified atom stereocenters. The van der Waals surface area contributed by atoms with Gasteiger partial charge in [-0.3, -0.25) is 4.79 Å². The number of anilines is 1. The van der Waals surface area contributed by atoms with Crippen LogP contribution in [-0.4, -0.2) is 34.2 Å². The van der Waals surface area contributed by atoms with Crippen LogP contribution in [0.3, 0.4) is 0 Å². The number of carbonyl (C=O) groups excluding carboxylic acids is 1. The molecule has 2 aromatic heterocycles. The second kappa shape index (κ2) is 4.15. The molecular weight excluding hydrogens is 258 g/mol. The molecule has 3 heterocycles. The number of halogens is 2. The van der Waals surface area contributed by atoms with E-state index in [1.54, 1.807) is 0 Å². The first-order valence-corrected chi connectivity index (χ1v) is 5.65. The van der Waals surface area contributed by atoms with Gasteiger partial charge in [-0.1, -0.05) is 6.92 Å². The van der Waals surface area contributed by atoms with Crippen molar-refractivity contribution in [1.29, 1.82) is 0 Å². The summed E-state index contributed by atoms with van der Waals surface area (Å²) in [5.41, 5.74) is 1.82. The van der Waals surface area contributed by atoms with Gasteiger partial charge in [-0.15, -0.1) is 5.10 Å². The lowest BCUT2D eigenvalue weighted by Gasteiger charge is -2.08. The van der Waals surface area contributed by atoms with Crippen LogP contribution in [-0.2, 0) is 4.79 Å². The molecular formula is C11H10F2N4O2. The molecule has 0 N–H and O–H groups in total. The highest BCUT2D eigenvalue weighted by molar-refractivity contribution is 5.79. The fraction of sp³-hybridized carbons (Fsp3) is 0.364. The second-order valence-corrected chi connectivity index (χ2v) is 4.32. The Morgan fingerprint density at radius 2 is 2.37 bits per heavy atom. The van der Waals surface area contributed by atoms with Crippen molar-refractivity contribution in [2.75, 3.05) is 11.4 Å². The summed E-state index contributed by atoms with van der Waals surface area (Å²) >= 11 is 0. The zero-order chi connectivity index (χ0) is 13.6. The van der Waals surface area contributed by atoms with E-state index in [1.165, 1.54) is 21.7 Å². The van der Waals surface area contributed by atoms with Crippen molar-refractivity contribution in [3.63, 3.8) is 0 Å². The maximum absolute atomic E-state index is 12.2. The van der Waals surface area contributed by atoms with Crippen molar-refractivity contribution in [2.45, 2.75) is 19.5 Å². The number of carbonyl (C=O) groups is 1. The van der Waals surface area contributed by atoms with Crippen molar-refractivity contribution in [1.82, 2.24) is 14.6 Å². The molecule has 0 fully saturated rings. The van der Waals surface area contributed by atoms with Crippen LogP contribution in [0.2, 0.25) is 0 Å². The molecule has 0 bridgehead atoms. The normalized spacial score (nSPS) is 18.1. The van der Waals surface area contributed by atoms with Gasteiger partial charge in [0.15, 0.2) is 5.65 Å². The molecule has 0 spiro atoms. The molecule has 2 aromatic rings. The number of alkyl halides is 2. The van der Waals surface area contributed by atoms with E-state index in [0.29, 0.717) is 17.9 Å². The lowest BCUT2D eigenvalue weighted by Crippen LogP contribution is -2.18. The number of fused-ring (bicyclic) bond motifs is 3. The number of hydrogen-bond donors (Lipinski definition) is 0. The van der Waals surface area contributed by atoms with Gasteiger partial charge in [0.1, 0.15) is 0 Å². The molecule has 1 aliphatic heterocycles. The molecule has 0 aromatic carbocycles. The number of aromatic nitrogens is 3. The second-order valence-electron chi connectivity index (χ2n) is 4.32. The molecule has 0 saturated heterocycles. The van der Waals surface area contributed by atoms with Crippen LogP contribution < -0.4 is 9.64 Å². The highest BCUT2D eigenvalue weighted by Gasteiger charge is 2.29. The molecule has 8 heteroatoms. The summed E-state index contributed by atoms with van der Waals surface area (Å²) in [6.07, 6.45) is 2.26. The third-order valence-electron chi connectivity index (χ3n) is 3.06. The van der Waals surface area contributed by atoms with E-state index in [0.717, 1.165) is 12.1 Å². The molecule has 1 amide bonds. The first kappa shape index (κ1) is 11.8. The van der Waals surface area contributed by atoms with Gasteiger partial charge in [0, 0.05) is 18.5 Å². The topological polar surface area (TPSA) is 59.7 Å². The number of ether oxygens (including phenoxy) is 1. The maximum atomic E-state index is 12.2. The van der Waals surface area contributed by atoms with E-state index >= 15 is 0 Å². The standard InChI is InChI=1S/C11H10F2N4O2/c1-6-4-16(5-18)7-3-14-8-2-9(19-11(12)13)15-17(8)10(6)7/h2-3,5-6,11H,4H2,1H3. The molecule has 1 aliphatic rings. The fourth-order valence-corrected chi connectivity index (χ4v) is 2.33. The van der Waals surface area contributed by atoms with Crippen LogP contribution in [0, 0.1) is 0 Å². The number of hydrogen-bond acceptors (Lipinski definition) is 4. The predicted molar refractivity (Wildman–Crippen MR) is 61.4 cm³/mol. The smallest absolute Gasteiger partial charge is 0.388 e. The van der Waals surface area contributed by atoms with Crippen molar-refractivity contribution in [2.24, 2.45) is 0 Å². The molecule has 0 aliphatic carbocycles. The van der Waals surface area contributed by atoms with E-state index in [4.69, 9.17) is 0 Å². The van der Waals surface area contributed by atoms with Crippen LogP contribution in [0.4, 0.5) is 14.5 Å². The average molecular weight is 268 g/mol. The van der Waals surface area contributed by atoms with Gasteiger partial charge in [0.05, 0.1) is 17.6 Å². The van der Waals surface area contributed by atoms with E-state index in [2.05, 4.69) is 14.8 Å². The van der Waals surface area contributed by atoms with Crippen molar-refractivity contribution >= 4 is 17.7 Å². The van der Waals surface area contributed by atoms with Gasteiger partial charge in [0.2, 0.25) is 12.3 Å². The van der Waals surface area contributed by atoms with Crippen LogP contribution in [0.15, 0.2) is 12.3 Å². The monoisotopic (exact) mass is 268 g/mol. The van der Waals surface area contributed by atoms with E-state index < -0.39 is 6.61 Å². The van der Waals surface area contributed by atoms with Gasteiger partial charge in [-0.05, 0) is 0 Å². The number of amides is 1. The van der Waals surface area contributed by atoms with Gasteiger partial charge in [-0.2, -0.15) is 8.78 Å². The minimum atomic E-state index is -2.93. The Kier molecular flexibility index (Phi) is 2.58. The zero-order valence-electron chi connectivity index (χ0n) is 9.96. The van der Waals surface area contributed by atoms with Gasteiger partial charge in [0.25, 0.3) is 0 Å². The number of nitrogens with zero attached hydrogens (tertiary/aromatic N) is 4. The van der Waals surface area contributed by atoms with Gasteiger partial charge in [-0.25, -0.2) is 9.50 Å². The van der Waals surface area contributed by atoms with Crippen LogP contribution in [0.25, 0.3) is 5.65 Å². The zero-order valence-corrected chi connectivity index (χ0v) is 9.96. The van der Waals surface area contributed by atoms with Crippen LogP contribution >= 0.6 is 0 Å². The summed E-state index contributed by atoms with van der Waals surface area (Å²) in [5.74, 6) is -0.141. The summed E-state index contributed by atoms with van der Waals surface area (Å²) < 4.78 is 30.0. The summed E-state index contributed by atoms with van der Waals surface area (Å²) in [7, 11) is 0. The SMILES string of the molecule is CC1CN(C=O)c2cnc3cc(OC(F)F)nn3c21.